The first kappa shape index (κ1) is 16.8. The largest absolute Gasteiger partial charge is 0.471 e. The molecule has 1 fully saturated rings. The van der Waals surface area contributed by atoms with E-state index in [4.69, 9.17) is 0 Å². The van der Waals surface area contributed by atoms with Crippen molar-refractivity contribution in [1.82, 2.24) is 10.2 Å². The fourth-order valence-corrected chi connectivity index (χ4v) is 2.11. The summed E-state index contributed by atoms with van der Waals surface area (Å²) in [4.78, 5) is 24.4. The van der Waals surface area contributed by atoms with Crippen LogP contribution in [0.2, 0.25) is 0 Å². The third-order valence-corrected chi connectivity index (χ3v) is 3.12. The summed E-state index contributed by atoms with van der Waals surface area (Å²) in [5, 5.41) is 1.96. The molecule has 0 aromatic carbocycles. The maximum Gasteiger partial charge on any atom is 0.471 e. The van der Waals surface area contributed by atoms with Gasteiger partial charge in [0.15, 0.2) is 0 Å². The lowest BCUT2D eigenvalue weighted by Crippen LogP contribution is -2.49. The van der Waals surface area contributed by atoms with Gasteiger partial charge in [-0.1, -0.05) is 20.8 Å². The van der Waals surface area contributed by atoms with Gasteiger partial charge in [0.2, 0.25) is 5.91 Å². The van der Waals surface area contributed by atoms with Crippen molar-refractivity contribution in [1.29, 1.82) is 0 Å². The molecule has 0 atom stereocenters. The van der Waals surface area contributed by atoms with Gasteiger partial charge >= 0.3 is 12.1 Å². The van der Waals surface area contributed by atoms with E-state index in [0.29, 0.717) is 32.4 Å². The van der Waals surface area contributed by atoms with E-state index in [1.165, 1.54) is 0 Å². The quantitative estimate of drug-likeness (QED) is 0.848. The number of amides is 2. The molecule has 0 aliphatic carbocycles. The Hall–Kier alpha value is -1.27. The van der Waals surface area contributed by atoms with Gasteiger partial charge in [0.1, 0.15) is 0 Å². The van der Waals surface area contributed by atoms with E-state index in [2.05, 4.69) is 0 Å². The Kier molecular flexibility index (Phi) is 5.05. The number of carbonyl (C=O) groups excluding carboxylic acids is 2. The summed E-state index contributed by atoms with van der Waals surface area (Å²) in [5.74, 6) is -1.89. The number of alkyl halides is 3. The predicted octanol–water partition coefficient (Wildman–Crippen LogP) is 2.09. The SMILES string of the molecule is CC(C)(C)CC(=O)N1CCC(NC(=O)C(F)(F)F)CC1. The number of hydrogen-bond donors (Lipinski definition) is 1. The first-order chi connectivity index (χ1) is 8.99. The molecular formula is C13H21F3N2O2. The summed E-state index contributed by atoms with van der Waals surface area (Å²) in [6.45, 7) is 6.65. The molecule has 1 saturated heterocycles. The predicted molar refractivity (Wildman–Crippen MR) is 67.9 cm³/mol. The fourth-order valence-electron chi connectivity index (χ4n) is 2.11. The first-order valence-corrected chi connectivity index (χ1v) is 6.64. The summed E-state index contributed by atoms with van der Waals surface area (Å²) >= 11 is 0. The number of nitrogens with one attached hydrogen (secondary N) is 1. The molecule has 4 nitrogen and oxygen atoms in total. The van der Waals surface area contributed by atoms with Crippen molar-refractivity contribution < 1.29 is 22.8 Å². The molecule has 1 aliphatic rings. The van der Waals surface area contributed by atoms with E-state index in [1.807, 2.05) is 26.1 Å². The topological polar surface area (TPSA) is 49.4 Å². The molecule has 0 unspecified atom stereocenters. The van der Waals surface area contributed by atoms with Crippen LogP contribution in [0.5, 0.6) is 0 Å². The van der Waals surface area contributed by atoms with Crippen molar-refractivity contribution >= 4 is 11.8 Å². The molecule has 0 aromatic rings. The van der Waals surface area contributed by atoms with Crippen LogP contribution in [0.15, 0.2) is 0 Å². The zero-order valence-electron chi connectivity index (χ0n) is 12.0. The van der Waals surface area contributed by atoms with Gasteiger partial charge < -0.3 is 10.2 Å². The number of piperidine rings is 1. The number of nitrogens with zero attached hydrogens (tertiary/aromatic N) is 1. The Morgan fingerprint density at radius 2 is 1.65 bits per heavy atom. The Labute approximate surface area is 116 Å². The number of carbonyl (C=O) groups is 2. The molecule has 1 N–H and O–H groups in total. The number of hydrogen-bond acceptors (Lipinski definition) is 2. The van der Waals surface area contributed by atoms with E-state index in [-0.39, 0.29) is 11.3 Å². The van der Waals surface area contributed by atoms with E-state index < -0.39 is 18.1 Å². The summed E-state index contributed by atoms with van der Waals surface area (Å²) < 4.78 is 36.4. The number of likely N-dealkylation sites (tertiary alicyclic amines) is 1. The molecule has 0 saturated carbocycles. The minimum absolute atomic E-state index is 0.0121. The first-order valence-electron chi connectivity index (χ1n) is 6.64. The summed E-state index contributed by atoms with van der Waals surface area (Å²) in [5.41, 5.74) is -0.113. The van der Waals surface area contributed by atoms with Crippen LogP contribution in [0.4, 0.5) is 13.2 Å². The van der Waals surface area contributed by atoms with Crippen LogP contribution in [0.3, 0.4) is 0 Å². The number of rotatable bonds is 2. The molecule has 20 heavy (non-hydrogen) atoms. The van der Waals surface area contributed by atoms with Crippen molar-refractivity contribution in [3.05, 3.63) is 0 Å². The second-order valence-corrected chi connectivity index (χ2v) is 6.36. The molecule has 1 aliphatic heterocycles. The van der Waals surface area contributed by atoms with Crippen molar-refractivity contribution in [3.63, 3.8) is 0 Å². The standard InChI is InChI=1S/C13H21F3N2O2/c1-12(2,3)8-10(19)18-6-4-9(5-7-18)17-11(20)13(14,15)16/h9H,4-8H2,1-3H3,(H,17,20). The highest BCUT2D eigenvalue weighted by Gasteiger charge is 2.40. The van der Waals surface area contributed by atoms with E-state index >= 15 is 0 Å². The van der Waals surface area contributed by atoms with Gasteiger partial charge in [-0.05, 0) is 18.3 Å². The van der Waals surface area contributed by atoms with Gasteiger partial charge in [-0.3, -0.25) is 9.59 Å². The molecule has 0 aromatic heterocycles. The zero-order chi connectivity index (χ0) is 15.6. The molecule has 116 valence electrons. The zero-order valence-corrected chi connectivity index (χ0v) is 12.0. The van der Waals surface area contributed by atoms with Gasteiger partial charge in [0, 0.05) is 25.6 Å². The van der Waals surface area contributed by atoms with Crippen LogP contribution in [0.25, 0.3) is 0 Å². The molecular weight excluding hydrogens is 273 g/mol. The highest BCUT2D eigenvalue weighted by molar-refractivity contribution is 5.82. The highest BCUT2D eigenvalue weighted by atomic mass is 19.4. The summed E-state index contributed by atoms with van der Waals surface area (Å²) in [6, 6.07) is -0.511. The number of halogens is 3. The van der Waals surface area contributed by atoms with Crippen molar-refractivity contribution in [3.8, 4) is 0 Å². The average Bonchev–Trinajstić information content (AvgIpc) is 2.26. The van der Waals surface area contributed by atoms with E-state index in [0.717, 1.165) is 0 Å². The Morgan fingerprint density at radius 3 is 2.05 bits per heavy atom. The van der Waals surface area contributed by atoms with E-state index in [1.54, 1.807) is 4.90 Å². The van der Waals surface area contributed by atoms with Crippen LogP contribution in [0.1, 0.15) is 40.0 Å². The summed E-state index contributed by atoms with van der Waals surface area (Å²) in [7, 11) is 0. The third kappa shape index (κ3) is 5.38. The smallest absolute Gasteiger partial charge is 0.345 e. The van der Waals surface area contributed by atoms with Gasteiger partial charge in [0.25, 0.3) is 0 Å². The molecule has 1 rings (SSSR count). The minimum atomic E-state index is -4.85. The molecule has 0 bridgehead atoms. The molecule has 0 spiro atoms. The Balaban J connectivity index is 2.41. The second kappa shape index (κ2) is 6.01. The molecule has 2 amide bonds. The van der Waals surface area contributed by atoms with Crippen molar-refractivity contribution in [2.24, 2.45) is 5.41 Å². The lowest BCUT2D eigenvalue weighted by Gasteiger charge is -2.34. The maximum atomic E-state index is 12.1. The third-order valence-electron chi connectivity index (χ3n) is 3.12. The van der Waals surface area contributed by atoms with Crippen LogP contribution in [0, 0.1) is 5.41 Å². The van der Waals surface area contributed by atoms with Crippen LogP contribution >= 0.6 is 0 Å². The minimum Gasteiger partial charge on any atom is -0.345 e. The molecule has 7 heteroatoms. The van der Waals surface area contributed by atoms with Gasteiger partial charge in [0.05, 0.1) is 0 Å². The Morgan fingerprint density at radius 1 is 1.15 bits per heavy atom. The second-order valence-electron chi connectivity index (χ2n) is 6.36. The Bertz CT molecular complexity index is 367. The normalized spacial score (nSPS) is 18.0. The van der Waals surface area contributed by atoms with E-state index in [9.17, 15) is 22.8 Å². The lowest BCUT2D eigenvalue weighted by atomic mass is 9.91. The lowest BCUT2D eigenvalue weighted by molar-refractivity contribution is -0.174. The maximum absolute atomic E-state index is 12.1. The van der Waals surface area contributed by atoms with Crippen LogP contribution < -0.4 is 5.32 Å². The van der Waals surface area contributed by atoms with Gasteiger partial charge in [-0.15, -0.1) is 0 Å². The average molecular weight is 294 g/mol. The highest BCUT2D eigenvalue weighted by Crippen LogP contribution is 2.22. The summed E-state index contributed by atoms with van der Waals surface area (Å²) in [6.07, 6.45) is -3.72. The molecule has 1 heterocycles. The van der Waals surface area contributed by atoms with Crippen LogP contribution in [-0.4, -0.2) is 42.0 Å². The van der Waals surface area contributed by atoms with Gasteiger partial charge in [-0.25, -0.2) is 0 Å². The van der Waals surface area contributed by atoms with Crippen molar-refractivity contribution in [2.75, 3.05) is 13.1 Å². The monoisotopic (exact) mass is 294 g/mol. The van der Waals surface area contributed by atoms with Crippen molar-refractivity contribution in [2.45, 2.75) is 52.3 Å². The van der Waals surface area contributed by atoms with Crippen LogP contribution in [-0.2, 0) is 9.59 Å². The fraction of sp³-hybridized carbons (Fsp3) is 0.846. The van der Waals surface area contributed by atoms with Gasteiger partial charge in [-0.2, -0.15) is 13.2 Å². The molecule has 0 radical (unpaired) electrons.